The Morgan fingerprint density at radius 3 is 2.14 bits per heavy atom. The zero-order valence-corrected chi connectivity index (χ0v) is 14.1. The van der Waals surface area contributed by atoms with Crippen LogP contribution in [0.15, 0.2) is 30.3 Å². The van der Waals surface area contributed by atoms with Crippen molar-refractivity contribution >= 4 is 5.91 Å². The highest BCUT2D eigenvalue weighted by Crippen LogP contribution is 2.24. The summed E-state index contributed by atoms with van der Waals surface area (Å²) in [6.07, 6.45) is 1.92. The van der Waals surface area contributed by atoms with Crippen molar-refractivity contribution in [3.05, 3.63) is 35.9 Å². The first-order chi connectivity index (χ1) is 9.84. The molecule has 3 heteroatoms. The van der Waals surface area contributed by atoms with Gasteiger partial charge in [0.1, 0.15) is 5.54 Å². The standard InChI is InChI=1S/C18H30N2O/c1-6-16(7-2)20(13-14(3)4)17(21)18(5,19)15-11-9-8-10-12-15/h8-12,14,16H,6-7,13,19H2,1-5H3. The molecule has 1 unspecified atom stereocenters. The number of nitrogens with two attached hydrogens (primary N) is 1. The summed E-state index contributed by atoms with van der Waals surface area (Å²) in [5, 5.41) is 0. The summed E-state index contributed by atoms with van der Waals surface area (Å²) in [6, 6.07) is 9.91. The predicted octanol–water partition coefficient (Wildman–Crippen LogP) is 3.53. The fraction of sp³-hybridized carbons (Fsp3) is 0.611. The molecular weight excluding hydrogens is 260 g/mol. The molecule has 1 rings (SSSR count). The second-order valence-corrected chi connectivity index (χ2v) is 6.39. The summed E-state index contributed by atoms with van der Waals surface area (Å²) >= 11 is 0. The Hall–Kier alpha value is -1.35. The van der Waals surface area contributed by atoms with Gasteiger partial charge in [0.15, 0.2) is 0 Å². The van der Waals surface area contributed by atoms with Crippen molar-refractivity contribution in [2.75, 3.05) is 6.54 Å². The van der Waals surface area contributed by atoms with Crippen molar-refractivity contribution in [1.82, 2.24) is 4.90 Å². The summed E-state index contributed by atoms with van der Waals surface area (Å²) in [4.78, 5) is 15.0. The molecule has 0 saturated heterocycles. The fourth-order valence-corrected chi connectivity index (χ4v) is 2.73. The van der Waals surface area contributed by atoms with Crippen LogP contribution in [0, 0.1) is 5.92 Å². The first-order valence-electron chi connectivity index (χ1n) is 8.00. The fourth-order valence-electron chi connectivity index (χ4n) is 2.73. The van der Waals surface area contributed by atoms with Gasteiger partial charge in [0, 0.05) is 12.6 Å². The predicted molar refractivity (Wildman–Crippen MR) is 88.9 cm³/mol. The molecule has 1 aromatic carbocycles. The van der Waals surface area contributed by atoms with Gasteiger partial charge >= 0.3 is 0 Å². The van der Waals surface area contributed by atoms with E-state index in [1.54, 1.807) is 0 Å². The van der Waals surface area contributed by atoms with Crippen LogP contribution in [0.4, 0.5) is 0 Å². The lowest BCUT2D eigenvalue weighted by Gasteiger charge is -2.38. The summed E-state index contributed by atoms with van der Waals surface area (Å²) in [5.74, 6) is 0.456. The van der Waals surface area contributed by atoms with Gasteiger partial charge in [-0.3, -0.25) is 4.79 Å². The van der Waals surface area contributed by atoms with Crippen LogP contribution >= 0.6 is 0 Å². The third-order valence-electron chi connectivity index (χ3n) is 4.02. The number of hydrogen-bond donors (Lipinski definition) is 1. The molecule has 21 heavy (non-hydrogen) atoms. The molecule has 0 radical (unpaired) electrons. The maximum atomic E-state index is 13.1. The monoisotopic (exact) mass is 290 g/mol. The maximum Gasteiger partial charge on any atom is 0.247 e. The van der Waals surface area contributed by atoms with Gasteiger partial charge in [-0.25, -0.2) is 0 Å². The lowest BCUT2D eigenvalue weighted by Crippen LogP contribution is -2.54. The highest BCUT2D eigenvalue weighted by atomic mass is 16.2. The average Bonchev–Trinajstić information content (AvgIpc) is 2.47. The smallest absolute Gasteiger partial charge is 0.247 e. The highest BCUT2D eigenvalue weighted by Gasteiger charge is 2.36. The zero-order chi connectivity index (χ0) is 16.0. The van der Waals surface area contributed by atoms with Crippen LogP contribution in [0.25, 0.3) is 0 Å². The van der Waals surface area contributed by atoms with E-state index in [4.69, 9.17) is 5.73 Å². The Morgan fingerprint density at radius 2 is 1.71 bits per heavy atom. The molecule has 0 aliphatic rings. The van der Waals surface area contributed by atoms with Crippen LogP contribution in [-0.2, 0) is 10.3 Å². The van der Waals surface area contributed by atoms with Gasteiger partial charge in [0.05, 0.1) is 0 Å². The van der Waals surface area contributed by atoms with Crippen molar-refractivity contribution in [2.45, 2.75) is 59.0 Å². The van der Waals surface area contributed by atoms with Crippen LogP contribution in [0.2, 0.25) is 0 Å². The van der Waals surface area contributed by atoms with Crippen LogP contribution in [0.1, 0.15) is 53.0 Å². The van der Waals surface area contributed by atoms with Crippen LogP contribution < -0.4 is 5.73 Å². The summed E-state index contributed by atoms with van der Waals surface area (Å²) < 4.78 is 0. The first kappa shape index (κ1) is 17.7. The van der Waals surface area contributed by atoms with Crippen molar-refractivity contribution in [1.29, 1.82) is 0 Å². The van der Waals surface area contributed by atoms with Gasteiger partial charge in [-0.15, -0.1) is 0 Å². The minimum atomic E-state index is -0.973. The van der Waals surface area contributed by atoms with Crippen LogP contribution in [-0.4, -0.2) is 23.4 Å². The third kappa shape index (κ3) is 4.31. The van der Waals surface area contributed by atoms with Crippen molar-refractivity contribution in [2.24, 2.45) is 11.7 Å². The minimum absolute atomic E-state index is 0.0242. The van der Waals surface area contributed by atoms with E-state index >= 15 is 0 Å². The zero-order valence-electron chi connectivity index (χ0n) is 14.1. The van der Waals surface area contributed by atoms with Gasteiger partial charge in [0.2, 0.25) is 5.91 Å². The van der Waals surface area contributed by atoms with Gasteiger partial charge in [-0.05, 0) is 31.2 Å². The Morgan fingerprint density at radius 1 is 1.19 bits per heavy atom. The molecule has 0 bridgehead atoms. The van der Waals surface area contributed by atoms with Gasteiger partial charge < -0.3 is 10.6 Å². The maximum absolute atomic E-state index is 13.1. The van der Waals surface area contributed by atoms with Crippen molar-refractivity contribution in [3.63, 3.8) is 0 Å². The van der Waals surface area contributed by atoms with Gasteiger partial charge in [-0.1, -0.05) is 58.0 Å². The number of rotatable bonds is 7. The Balaban J connectivity index is 3.09. The normalized spacial score (nSPS) is 14.3. The molecule has 0 spiro atoms. The largest absolute Gasteiger partial charge is 0.338 e. The summed E-state index contributed by atoms with van der Waals surface area (Å²) in [7, 11) is 0. The number of benzene rings is 1. The second-order valence-electron chi connectivity index (χ2n) is 6.39. The number of nitrogens with zero attached hydrogens (tertiary/aromatic N) is 1. The highest BCUT2D eigenvalue weighted by molar-refractivity contribution is 5.87. The topological polar surface area (TPSA) is 46.3 Å². The molecule has 0 heterocycles. The quantitative estimate of drug-likeness (QED) is 0.835. The molecular formula is C18H30N2O. The molecule has 1 atom stereocenters. The average molecular weight is 290 g/mol. The third-order valence-corrected chi connectivity index (χ3v) is 4.02. The van der Waals surface area contributed by atoms with E-state index in [0.717, 1.165) is 24.9 Å². The number of amides is 1. The van der Waals surface area contributed by atoms with Crippen molar-refractivity contribution < 1.29 is 4.79 Å². The molecule has 0 saturated carbocycles. The first-order valence-corrected chi connectivity index (χ1v) is 8.00. The lowest BCUT2D eigenvalue weighted by atomic mass is 9.90. The van der Waals surface area contributed by atoms with E-state index in [1.165, 1.54) is 0 Å². The van der Waals surface area contributed by atoms with E-state index < -0.39 is 5.54 Å². The van der Waals surface area contributed by atoms with Crippen molar-refractivity contribution in [3.8, 4) is 0 Å². The minimum Gasteiger partial charge on any atom is -0.338 e. The number of hydrogen-bond acceptors (Lipinski definition) is 2. The second kappa shape index (κ2) is 7.60. The Bertz CT molecular complexity index is 436. The van der Waals surface area contributed by atoms with E-state index in [2.05, 4.69) is 27.7 Å². The molecule has 0 fully saturated rings. The van der Waals surface area contributed by atoms with E-state index in [1.807, 2.05) is 42.2 Å². The SMILES string of the molecule is CCC(CC)N(CC(C)C)C(=O)C(C)(N)c1ccccc1. The molecule has 118 valence electrons. The number of carbonyl (C=O) groups excluding carboxylic acids is 1. The number of carbonyl (C=O) groups is 1. The molecule has 2 N–H and O–H groups in total. The molecule has 0 aliphatic heterocycles. The van der Waals surface area contributed by atoms with E-state index in [0.29, 0.717) is 5.92 Å². The molecule has 0 aromatic heterocycles. The molecule has 3 nitrogen and oxygen atoms in total. The van der Waals surface area contributed by atoms with Gasteiger partial charge in [0.25, 0.3) is 0 Å². The molecule has 1 aromatic rings. The summed E-state index contributed by atoms with van der Waals surface area (Å²) in [5.41, 5.74) is 6.31. The van der Waals surface area contributed by atoms with E-state index in [9.17, 15) is 4.79 Å². The molecule has 1 amide bonds. The van der Waals surface area contributed by atoms with Crippen LogP contribution in [0.3, 0.4) is 0 Å². The Kier molecular flexibility index (Phi) is 6.41. The van der Waals surface area contributed by atoms with Gasteiger partial charge in [-0.2, -0.15) is 0 Å². The lowest BCUT2D eigenvalue weighted by molar-refractivity contribution is -0.140. The van der Waals surface area contributed by atoms with Crippen LogP contribution in [0.5, 0.6) is 0 Å². The molecule has 0 aliphatic carbocycles. The summed E-state index contributed by atoms with van der Waals surface area (Å²) in [6.45, 7) is 11.1. The Labute approximate surface area is 129 Å². The van der Waals surface area contributed by atoms with E-state index in [-0.39, 0.29) is 11.9 Å².